The topological polar surface area (TPSA) is 35.5 Å². The van der Waals surface area contributed by atoms with Gasteiger partial charge in [-0.3, -0.25) is 0 Å². The predicted molar refractivity (Wildman–Crippen MR) is 49.3 cm³/mol. The van der Waals surface area contributed by atoms with Crippen LogP contribution in [0.25, 0.3) is 0 Å². The van der Waals surface area contributed by atoms with E-state index in [1.165, 1.54) is 6.08 Å². The number of esters is 1. The van der Waals surface area contributed by atoms with E-state index in [1.807, 2.05) is 6.92 Å². The molecule has 2 atom stereocenters. The molecule has 2 unspecified atom stereocenters. The van der Waals surface area contributed by atoms with Gasteiger partial charge in [-0.05, 0) is 12.8 Å². The van der Waals surface area contributed by atoms with E-state index in [1.54, 1.807) is 0 Å². The maximum atomic E-state index is 10.8. The minimum atomic E-state index is -0.357. The summed E-state index contributed by atoms with van der Waals surface area (Å²) < 4.78 is 10.4. The number of hydrogen-bond donors (Lipinski definition) is 0. The minimum Gasteiger partial charge on any atom is -0.462 e. The van der Waals surface area contributed by atoms with Crippen molar-refractivity contribution in [2.45, 2.75) is 25.9 Å². The second-order valence-corrected chi connectivity index (χ2v) is 3.36. The summed E-state index contributed by atoms with van der Waals surface area (Å²) in [5.41, 5.74) is 0. The summed E-state index contributed by atoms with van der Waals surface area (Å²) in [7, 11) is 0. The van der Waals surface area contributed by atoms with Gasteiger partial charge >= 0.3 is 5.97 Å². The Hall–Kier alpha value is -0.830. The van der Waals surface area contributed by atoms with Crippen molar-refractivity contribution in [1.82, 2.24) is 0 Å². The van der Waals surface area contributed by atoms with Crippen LogP contribution in [0.4, 0.5) is 0 Å². The van der Waals surface area contributed by atoms with Crippen LogP contribution in [-0.2, 0) is 14.3 Å². The molecule has 0 aromatic carbocycles. The summed E-state index contributed by atoms with van der Waals surface area (Å²) in [6.45, 7) is 6.63. The van der Waals surface area contributed by atoms with Crippen LogP contribution in [-0.4, -0.2) is 25.3 Å². The minimum absolute atomic E-state index is 0.262. The predicted octanol–water partition coefficient (Wildman–Crippen LogP) is 1.53. The fraction of sp³-hybridized carbons (Fsp3) is 0.700. The summed E-state index contributed by atoms with van der Waals surface area (Å²) in [4.78, 5) is 10.8. The largest absolute Gasteiger partial charge is 0.462 e. The lowest BCUT2D eigenvalue weighted by Crippen LogP contribution is -2.22. The standard InChI is InChI=1S/C10H16O3/c1-3-10(11)13-7-8(2)9-5-4-6-12-9/h3,8-9H,1,4-7H2,2H3. The summed E-state index contributed by atoms with van der Waals surface area (Å²) in [5, 5.41) is 0. The van der Waals surface area contributed by atoms with Gasteiger partial charge in [-0.15, -0.1) is 0 Å². The third-order valence-electron chi connectivity index (χ3n) is 2.25. The summed E-state index contributed by atoms with van der Waals surface area (Å²) in [5.74, 6) is -0.0729. The van der Waals surface area contributed by atoms with Gasteiger partial charge in [0.2, 0.25) is 0 Å². The van der Waals surface area contributed by atoms with Gasteiger partial charge in [0.25, 0.3) is 0 Å². The Labute approximate surface area is 78.7 Å². The maximum absolute atomic E-state index is 10.8. The smallest absolute Gasteiger partial charge is 0.330 e. The average molecular weight is 184 g/mol. The Kier molecular flexibility index (Phi) is 3.96. The van der Waals surface area contributed by atoms with Crippen LogP contribution < -0.4 is 0 Å². The molecule has 0 amide bonds. The Morgan fingerprint density at radius 3 is 3.15 bits per heavy atom. The molecule has 3 nitrogen and oxygen atoms in total. The van der Waals surface area contributed by atoms with Gasteiger partial charge in [0.05, 0.1) is 12.7 Å². The van der Waals surface area contributed by atoms with Crippen LogP contribution in [0, 0.1) is 5.92 Å². The van der Waals surface area contributed by atoms with E-state index < -0.39 is 0 Å². The molecule has 0 aromatic heterocycles. The fourth-order valence-corrected chi connectivity index (χ4v) is 1.43. The molecular formula is C10H16O3. The van der Waals surface area contributed by atoms with Crippen molar-refractivity contribution >= 4 is 5.97 Å². The van der Waals surface area contributed by atoms with Crippen LogP contribution in [0.2, 0.25) is 0 Å². The van der Waals surface area contributed by atoms with Gasteiger partial charge in [-0.1, -0.05) is 13.5 Å². The molecule has 1 heterocycles. The lowest BCUT2D eigenvalue weighted by atomic mass is 10.0. The van der Waals surface area contributed by atoms with Gasteiger partial charge in [0.1, 0.15) is 0 Å². The van der Waals surface area contributed by atoms with Gasteiger partial charge in [-0.25, -0.2) is 4.79 Å². The zero-order chi connectivity index (χ0) is 9.68. The lowest BCUT2D eigenvalue weighted by molar-refractivity contribution is -0.140. The number of ether oxygens (including phenoxy) is 2. The van der Waals surface area contributed by atoms with E-state index in [9.17, 15) is 4.79 Å². The van der Waals surface area contributed by atoms with Crippen molar-refractivity contribution in [3.63, 3.8) is 0 Å². The second kappa shape index (κ2) is 5.02. The van der Waals surface area contributed by atoms with Crippen LogP contribution in [0.15, 0.2) is 12.7 Å². The quantitative estimate of drug-likeness (QED) is 0.491. The lowest BCUT2D eigenvalue weighted by Gasteiger charge is -2.17. The monoisotopic (exact) mass is 184 g/mol. The SMILES string of the molecule is C=CC(=O)OCC(C)C1CCCO1. The van der Waals surface area contributed by atoms with Crippen molar-refractivity contribution in [2.24, 2.45) is 5.92 Å². The highest BCUT2D eigenvalue weighted by Gasteiger charge is 2.22. The number of hydrogen-bond acceptors (Lipinski definition) is 3. The maximum Gasteiger partial charge on any atom is 0.330 e. The van der Waals surface area contributed by atoms with E-state index >= 15 is 0 Å². The molecule has 1 fully saturated rings. The molecule has 0 aliphatic carbocycles. The third kappa shape index (κ3) is 3.19. The van der Waals surface area contributed by atoms with Crippen molar-refractivity contribution in [3.05, 3.63) is 12.7 Å². The zero-order valence-corrected chi connectivity index (χ0v) is 7.99. The zero-order valence-electron chi connectivity index (χ0n) is 7.99. The normalized spacial score (nSPS) is 23.9. The van der Waals surface area contributed by atoms with Crippen molar-refractivity contribution in [2.75, 3.05) is 13.2 Å². The second-order valence-electron chi connectivity index (χ2n) is 3.36. The third-order valence-corrected chi connectivity index (χ3v) is 2.25. The van der Waals surface area contributed by atoms with Crippen LogP contribution in [0.5, 0.6) is 0 Å². The summed E-state index contributed by atoms with van der Waals surface area (Å²) in [6.07, 6.45) is 3.64. The van der Waals surface area contributed by atoms with Crippen molar-refractivity contribution in [3.8, 4) is 0 Å². The first-order valence-electron chi connectivity index (χ1n) is 4.65. The molecule has 13 heavy (non-hydrogen) atoms. The highest BCUT2D eigenvalue weighted by molar-refractivity contribution is 5.81. The van der Waals surface area contributed by atoms with E-state index in [0.29, 0.717) is 6.61 Å². The van der Waals surface area contributed by atoms with Crippen molar-refractivity contribution in [1.29, 1.82) is 0 Å². The van der Waals surface area contributed by atoms with Gasteiger partial charge in [0.15, 0.2) is 0 Å². The van der Waals surface area contributed by atoms with E-state index in [0.717, 1.165) is 19.4 Å². The molecule has 1 aliphatic heterocycles. The van der Waals surface area contributed by atoms with Crippen LogP contribution >= 0.6 is 0 Å². The first kappa shape index (κ1) is 10.3. The number of rotatable bonds is 4. The fourth-order valence-electron chi connectivity index (χ4n) is 1.43. The highest BCUT2D eigenvalue weighted by atomic mass is 16.5. The first-order valence-corrected chi connectivity index (χ1v) is 4.65. The van der Waals surface area contributed by atoms with Crippen molar-refractivity contribution < 1.29 is 14.3 Å². The Morgan fingerprint density at radius 1 is 1.85 bits per heavy atom. The molecular weight excluding hydrogens is 168 g/mol. The molecule has 0 N–H and O–H groups in total. The molecule has 1 saturated heterocycles. The number of carbonyl (C=O) groups excluding carboxylic acids is 1. The summed E-state index contributed by atoms with van der Waals surface area (Å²) in [6, 6.07) is 0. The molecule has 3 heteroatoms. The first-order chi connectivity index (χ1) is 6.24. The Balaban J connectivity index is 2.19. The molecule has 0 radical (unpaired) electrons. The molecule has 0 saturated carbocycles. The average Bonchev–Trinajstić information content (AvgIpc) is 2.66. The highest BCUT2D eigenvalue weighted by Crippen LogP contribution is 2.20. The Morgan fingerprint density at radius 2 is 2.62 bits per heavy atom. The summed E-state index contributed by atoms with van der Waals surface area (Å²) >= 11 is 0. The number of carbonyl (C=O) groups is 1. The van der Waals surface area contributed by atoms with Crippen LogP contribution in [0.3, 0.4) is 0 Å². The molecule has 74 valence electrons. The van der Waals surface area contributed by atoms with Gasteiger partial charge in [-0.2, -0.15) is 0 Å². The molecule has 1 rings (SSSR count). The molecule has 1 aliphatic rings. The van der Waals surface area contributed by atoms with Gasteiger partial charge < -0.3 is 9.47 Å². The van der Waals surface area contributed by atoms with Gasteiger partial charge in [0, 0.05) is 18.6 Å². The van der Waals surface area contributed by atoms with E-state index in [-0.39, 0.29) is 18.0 Å². The Bertz CT molecular complexity index is 183. The molecule has 0 aromatic rings. The molecule has 0 spiro atoms. The molecule has 0 bridgehead atoms. The van der Waals surface area contributed by atoms with Crippen LogP contribution in [0.1, 0.15) is 19.8 Å². The van der Waals surface area contributed by atoms with E-state index in [2.05, 4.69) is 6.58 Å². The van der Waals surface area contributed by atoms with E-state index in [4.69, 9.17) is 9.47 Å².